The highest BCUT2D eigenvalue weighted by Crippen LogP contribution is 2.12. The summed E-state index contributed by atoms with van der Waals surface area (Å²) in [5.74, 6) is -0.0944. The standard InChI is InChI=1S/C10H19NO4/c1-14-7-8(4-5-12)11-10(13)9-3-2-6-15-9/h8-9,12H,2-7H2,1H3,(H,11,13). The minimum Gasteiger partial charge on any atom is -0.396 e. The lowest BCUT2D eigenvalue weighted by Crippen LogP contribution is -2.43. The third-order valence-corrected chi connectivity index (χ3v) is 2.41. The zero-order valence-electron chi connectivity index (χ0n) is 9.07. The van der Waals surface area contributed by atoms with Crippen LogP contribution in [-0.4, -0.2) is 50.1 Å². The molecule has 5 nitrogen and oxygen atoms in total. The van der Waals surface area contributed by atoms with Crippen LogP contribution in [0.4, 0.5) is 0 Å². The molecular formula is C10H19NO4. The highest BCUT2D eigenvalue weighted by Gasteiger charge is 2.25. The molecule has 0 radical (unpaired) electrons. The number of ether oxygens (including phenoxy) is 2. The van der Waals surface area contributed by atoms with Gasteiger partial charge < -0.3 is 19.9 Å². The Morgan fingerprint density at radius 1 is 1.73 bits per heavy atom. The van der Waals surface area contributed by atoms with Gasteiger partial charge in [0.15, 0.2) is 0 Å². The van der Waals surface area contributed by atoms with E-state index < -0.39 is 0 Å². The van der Waals surface area contributed by atoms with Gasteiger partial charge in [-0.1, -0.05) is 0 Å². The maximum absolute atomic E-state index is 11.6. The smallest absolute Gasteiger partial charge is 0.249 e. The van der Waals surface area contributed by atoms with Crippen molar-refractivity contribution in [2.45, 2.75) is 31.4 Å². The van der Waals surface area contributed by atoms with Gasteiger partial charge in [-0.2, -0.15) is 0 Å². The first-order valence-corrected chi connectivity index (χ1v) is 5.29. The number of aliphatic hydroxyl groups is 1. The zero-order valence-corrected chi connectivity index (χ0v) is 9.07. The Morgan fingerprint density at radius 2 is 2.53 bits per heavy atom. The third kappa shape index (κ3) is 4.15. The first-order chi connectivity index (χ1) is 7.27. The van der Waals surface area contributed by atoms with Gasteiger partial charge in [0.25, 0.3) is 0 Å². The summed E-state index contributed by atoms with van der Waals surface area (Å²) in [6, 6.07) is -0.128. The van der Waals surface area contributed by atoms with Gasteiger partial charge >= 0.3 is 0 Å². The number of rotatable bonds is 6. The van der Waals surface area contributed by atoms with Gasteiger partial charge in [0.05, 0.1) is 12.6 Å². The average Bonchev–Trinajstić information content (AvgIpc) is 2.71. The van der Waals surface area contributed by atoms with Crippen molar-refractivity contribution in [3.63, 3.8) is 0 Å². The fraction of sp³-hybridized carbons (Fsp3) is 0.900. The molecule has 0 aromatic carbocycles. The summed E-state index contributed by atoms with van der Waals surface area (Å²) in [4.78, 5) is 11.6. The van der Waals surface area contributed by atoms with E-state index >= 15 is 0 Å². The molecule has 1 amide bonds. The first kappa shape index (κ1) is 12.4. The highest BCUT2D eigenvalue weighted by atomic mass is 16.5. The highest BCUT2D eigenvalue weighted by molar-refractivity contribution is 5.81. The van der Waals surface area contributed by atoms with E-state index in [1.807, 2.05) is 0 Å². The second-order valence-corrected chi connectivity index (χ2v) is 3.67. The monoisotopic (exact) mass is 217 g/mol. The predicted octanol–water partition coefficient (Wildman–Crippen LogP) is -0.321. The van der Waals surface area contributed by atoms with Crippen molar-refractivity contribution in [2.75, 3.05) is 26.9 Å². The van der Waals surface area contributed by atoms with Crippen LogP contribution in [0.2, 0.25) is 0 Å². The van der Waals surface area contributed by atoms with E-state index in [0.717, 1.165) is 12.8 Å². The summed E-state index contributed by atoms with van der Waals surface area (Å²) in [6.07, 6.45) is 1.91. The predicted molar refractivity (Wildman–Crippen MR) is 54.5 cm³/mol. The van der Waals surface area contributed by atoms with Crippen LogP contribution in [0, 0.1) is 0 Å². The fourth-order valence-corrected chi connectivity index (χ4v) is 1.63. The van der Waals surface area contributed by atoms with Gasteiger partial charge in [0, 0.05) is 20.3 Å². The number of methoxy groups -OCH3 is 1. The molecule has 2 N–H and O–H groups in total. The summed E-state index contributed by atoms with van der Waals surface area (Å²) in [7, 11) is 1.57. The SMILES string of the molecule is COCC(CCO)NC(=O)C1CCCO1. The molecule has 0 spiro atoms. The molecular weight excluding hydrogens is 198 g/mol. The van der Waals surface area contributed by atoms with Crippen LogP contribution >= 0.6 is 0 Å². The van der Waals surface area contributed by atoms with Gasteiger partial charge in [-0.15, -0.1) is 0 Å². The van der Waals surface area contributed by atoms with Crippen molar-refractivity contribution in [3.8, 4) is 0 Å². The first-order valence-electron chi connectivity index (χ1n) is 5.29. The minimum absolute atomic E-state index is 0.0415. The quantitative estimate of drug-likeness (QED) is 0.640. The van der Waals surface area contributed by atoms with Crippen LogP contribution in [0.15, 0.2) is 0 Å². The number of nitrogens with one attached hydrogen (secondary N) is 1. The van der Waals surface area contributed by atoms with Gasteiger partial charge in [-0.05, 0) is 19.3 Å². The van der Waals surface area contributed by atoms with Gasteiger partial charge in [-0.25, -0.2) is 0 Å². The van der Waals surface area contributed by atoms with Crippen molar-refractivity contribution >= 4 is 5.91 Å². The molecule has 2 unspecified atom stereocenters. The largest absolute Gasteiger partial charge is 0.396 e. The maximum Gasteiger partial charge on any atom is 0.249 e. The molecule has 15 heavy (non-hydrogen) atoms. The van der Waals surface area contributed by atoms with E-state index in [1.165, 1.54) is 0 Å². The van der Waals surface area contributed by atoms with Crippen molar-refractivity contribution < 1.29 is 19.4 Å². The molecule has 1 saturated heterocycles. The third-order valence-electron chi connectivity index (χ3n) is 2.41. The summed E-state index contributed by atoms with van der Waals surface area (Å²) < 4.78 is 10.2. The molecule has 1 rings (SSSR count). The topological polar surface area (TPSA) is 67.8 Å². The number of hydrogen-bond donors (Lipinski definition) is 2. The molecule has 0 aromatic heterocycles. The Balaban J connectivity index is 2.31. The van der Waals surface area contributed by atoms with E-state index in [2.05, 4.69) is 5.32 Å². The van der Waals surface area contributed by atoms with Crippen molar-refractivity contribution in [1.82, 2.24) is 5.32 Å². The van der Waals surface area contributed by atoms with Crippen molar-refractivity contribution in [3.05, 3.63) is 0 Å². The Labute approximate surface area is 89.8 Å². The van der Waals surface area contributed by atoms with E-state index in [9.17, 15) is 4.79 Å². The number of carbonyl (C=O) groups excluding carboxylic acids is 1. The molecule has 88 valence electrons. The van der Waals surface area contributed by atoms with E-state index in [4.69, 9.17) is 14.6 Å². The fourth-order valence-electron chi connectivity index (χ4n) is 1.63. The number of hydrogen-bond acceptors (Lipinski definition) is 4. The molecule has 2 atom stereocenters. The molecule has 0 bridgehead atoms. The number of amides is 1. The van der Waals surface area contributed by atoms with Crippen LogP contribution in [0.5, 0.6) is 0 Å². The molecule has 1 aliphatic heterocycles. The summed E-state index contributed by atoms with van der Waals surface area (Å²) >= 11 is 0. The Hall–Kier alpha value is -0.650. The van der Waals surface area contributed by atoms with Gasteiger partial charge in [0.1, 0.15) is 6.10 Å². The lowest BCUT2D eigenvalue weighted by molar-refractivity contribution is -0.131. The lowest BCUT2D eigenvalue weighted by Gasteiger charge is -2.19. The molecule has 1 heterocycles. The molecule has 0 aromatic rings. The second-order valence-electron chi connectivity index (χ2n) is 3.67. The van der Waals surface area contributed by atoms with Crippen molar-refractivity contribution in [2.24, 2.45) is 0 Å². The molecule has 5 heteroatoms. The summed E-state index contributed by atoms with van der Waals surface area (Å²) in [5, 5.41) is 11.6. The Bertz CT molecular complexity index is 186. The number of aliphatic hydroxyl groups excluding tert-OH is 1. The Morgan fingerprint density at radius 3 is 3.07 bits per heavy atom. The number of carbonyl (C=O) groups is 1. The van der Waals surface area contributed by atoms with Crippen LogP contribution in [0.1, 0.15) is 19.3 Å². The molecule has 1 aliphatic rings. The van der Waals surface area contributed by atoms with Crippen LogP contribution in [0.25, 0.3) is 0 Å². The summed E-state index contributed by atoms with van der Waals surface area (Å²) in [5.41, 5.74) is 0. The van der Waals surface area contributed by atoms with E-state index in [0.29, 0.717) is 19.6 Å². The normalized spacial score (nSPS) is 22.7. The van der Waals surface area contributed by atoms with Crippen molar-refractivity contribution in [1.29, 1.82) is 0 Å². The van der Waals surface area contributed by atoms with Crippen LogP contribution in [0.3, 0.4) is 0 Å². The Kier molecular flexibility index (Phi) is 5.60. The zero-order chi connectivity index (χ0) is 11.1. The summed E-state index contributed by atoms with van der Waals surface area (Å²) in [6.45, 7) is 1.12. The van der Waals surface area contributed by atoms with Crippen LogP contribution < -0.4 is 5.32 Å². The molecule has 0 saturated carbocycles. The average molecular weight is 217 g/mol. The van der Waals surface area contributed by atoms with Gasteiger partial charge in [-0.3, -0.25) is 4.79 Å². The van der Waals surface area contributed by atoms with E-state index in [1.54, 1.807) is 7.11 Å². The molecule has 0 aliphatic carbocycles. The minimum atomic E-state index is -0.317. The maximum atomic E-state index is 11.6. The van der Waals surface area contributed by atoms with E-state index in [-0.39, 0.29) is 24.7 Å². The lowest BCUT2D eigenvalue weighted by atomic mass is 10.2. The van der Waals surface area contributed by atoms with Crippen LogP contribution in [-0.2, 0) is 14.3 Å². The molecule has 1 fully saturated rings. The second kappa shape index (κ2) is 6.76. The van der Waals surface area contributed by atoms with Gasteiger partial charge in [0.2, 0.25) is 5.91 Å².